The second-order valence-corrected chi connectivity index (χ2v) is 6.16. The molecule has 106 valence electrons. The largest absolute Gasteiger partial charge is 0.591 e. The minimum Gasteiger partial charge on any atom is -0.591 e. The summed E-state index contributed by atoms with van der Waals surface area (Å²) in [4.78, 5) is 0. The lowest BCUT2D eigenvalue weighted by Crippen LogP contribution is -2.15. The minimum absolute atomic E-state index is 0.108. The number of benzene rings is 1. The Morgan fingerprint density at radius 3 is 2.37 bits per heavy atom. The van der Waals surface area contributed by atoms with Gasteiger partial charge in [0.1, 0.15) is 5.25 Å². The number of halogens is 3. The molecule has 0 amide bonds. The molecule has 0 aliphatic carbocycles. The van der Waals surface area contributed by atoms with Gasteiger partial charge in [-0.1, -0.05) is 16.5 Å². The molecule has 0 saturated heterocycles. The van der Waals surface area contributed by atoms with Crippen LogP contribution in [0.15, 0.2) is 22.6 Å². The van der Waals surface area contributed by atoms with E-state index >= 15 is 0 Å². The summed E-state index contributed by atoms with van der Waals surface area (Å²) in [6.07, 6.45) is -4.39. The highest BCUT2D eigenvalue weighted by molar-refractivity contribution is 7.90. The van der Waals surface area contributed by atoms with Gasteiger partial charge in [-0.2, -0.15) is 13.2 Å². The summed E-state index contributed by atoms with van der Waals surface area (Å²) in [5.74, 6) is 0. The Morgan fingerprint density at radius 1 is 1.32 bits per heavy atom. The molecule has 1 aromatic carbocycles. The second-order valence-electron chi connectivity index (χ2n) is 4.48. The summed E-state index contributed by atoms with van der Waals surface area (Å²) in [5, 5.41) is -0.166. The SMILES string of the molecule is CC(=N[S+]([O-])C(C)C)c1cccc(C(F)(F)F)c1C. The molecule has 0 fully saturated rings. The fraction of sp³-hybridized carbons (Fsp3) is 0.462. The molecule has 6 heteroatoms. The lowest BCUT2D eigenvalue weighted by Gasteiger charge is -2.14. The van der Waals surface area contributed by atoms with Crippen molar-refractivity contribution in [1.29, 1.82) is 0 Å². The Labute approximate surface area is 114 Å². The Morgan fingerprint density at radius 2 is 1.89 bits per heavy atom. The molecule has 19 heavy (non-hydrogen) atoms. The topological polar surface area (TPSA) is 35.4 Å². The van der Waals surface area contributed by atoms with Crippen LogP contribution in [0.1, 0.15) is 37.5 Å². The fourth-order valence-electron chi connectivity index (χ4n) is 1.62. The molecule has 2 nitrogen and oxygen atoms in total. The van der Waals surface area contributed by atoms with Gasteiger partial charge in [0.2, 0.25) is 0 Å². The van der Waals surface area contributed by atoms with Crippen LogP contribution < -0.4 is 0 Å². The molecule has 0 radical (unpaired) electrons. The Hall–Kier alpha value is -1.01. The predicted octanol–water partition coefficient (Wildman–Crippen LogP) is 3.89. The van der Waals surface area contributed by atoms with Crippen LogP contribution in [0.4, 0.5) is 13.2 Å². The molecule has 0 N–H and O–H groups in total. The summed E-state index contributed by atoms with van der Waals surface area (Å²) >= 11 is -1.43. The van der Waals surface area contributed by atoms with Gasteiger partial charge in [0.05, 0.1) is 22.6 Å². The zero-order valence-corrected chi connectivity index (χ0v) is 12.0. The van der Waals surface area contributed by atoms with Crippen LogP contribution in [0.3, 0.4) is 0 Å². The predicted molar refractivity (Wildman–Crippen MR) is 71.7 cm³/mol. The van der Waals surface area contributed by atoms with Crippen LogP contribution in [0.2, 0.25) is 0 Å². The summed E-state index contributed by atoms with van der Waals surface area (Å²) < 4.78 is 53.9. The monoisotopic (exact) mass is 291 g/mol. The average Bonchev–Trinajstić information content (AvgIpc) is 2.27. The molecule has 0 spiro atoms. The average molecular weight is 291 g/mol. The number of hydrogen-bond donors (Lipinski definition) is 0. The van der Waals surface area contributed by atoms with E-state index in [9.17, 15) is 17.7 Å². The van der Waals surface area contributed by atoms with E-state index in [1.807, 2.05) is 0 Å². The van der Waals surface area contributed by atoms with E-state index in [2.05, 4.69) is 4.40 Å². The number of hydrogen-bond acceptors (Lipinski definition) is 2. The zero-order chi connectivity index (χ0) is 14.8. The van der Waals surface area contributed by atoms with Crippen LogP contribution in [-0.4, -0.2) is 15.5 Å². The third-order valence-corrected chi connectivity index (χ3v) is 3.92. The van der Waals surface area contributed by atoms with Gasteiger partial charge in [0, 0.05) is 5.56 Å². The van der Waals surface area contributed by atoms with Crippen LogP contribution in [0.25, 0.3) is 0 Å². The fourth-order valence-corrected chi connectivity index (χ4v) is 2.20. The van der Waals surface area contributed by atoms with Gasteiger partial charge in [-0.25, -0.2) is 0 Å². The quantitative estimate of drug-likeness (QED) is 0.614. The highest BCUT2D eigenvalue weighted by Gasteiger charge is 2.33. The van der Waals surface area contributed by atoms with Gasteiger partial charge in [0.15, 0.2) is 0 Å². The third kappa shape index (κ3) is 3.98. The second kappa shape index (κ2) is 5.96. The molecule has 0 aromatic heterocycles. The Balaban J connectivity index is 3.23. The summed E-state index contributed by atoms with van der Waals surface area (Å²) in [7, 11) is 0. The van der Waals surface area contributed by atoms with Crippen molar-refractivity contribution in [3.63, 3.8) is 0 Å². The molecule has 0 aliphatic rings. The lowest BCUT2D eigenvalue weighted by molar-refractivity contribution is -0.138. The Bertz CT molecular complexity index is 483. The van der Waals surface area contributed by atoms with Gasteiger partial charge >= 0.3 is 6.18 Å². The van der Waals surface area contributed by atoms with E-state index in [1.165, 1.54) is 13.0 Å². The van der Waals surface area contributed by atoms with Crippen molar-refractivity contribution in [1.82, 2.24) is 0 Å². The maximum absolute atomic E-state index is 12.8. The maximum Gasteiger partial charge on any atom is 0.416 e. The molecule has 0 heterocycles. The molecular weight excluding hydrogens is 275 g/mol. The van der Waals surface area contributed by atoms with E-state index in [0.29, 0.717) is 11.3 Å². The summed E-state index contributed by atoms with van der Waals surface area (Å²) in [6, 6.07) is 3.93. The molecule has 1 rings (SSSR count). The van der Waals surface area contributed by atoms with Gasteiger partial charge in [-0.15, -0.1) is 0 Å². The molecule has 1 unspecified atom stereocenters. The van der Waals surface area contributed by atoms with E-state index in [0.717, 1.165) is 6.07 Å². The zero-order valence-electron chi connectivity index (χ0n) is 11.2. The number of alkyl halides is 3. The molecule has 0 saturated carbocycles. The van der Waals surface area contributed by atoms with E-state index in [1.54, 1.807) is 26.8 Å². The van der Waals surface area contributed by atoms with Crippen LogP contribution >= 0.6 is 0 Å². The molecule has 0 aliphatic heterocycles. The van der Waals surface area contributed by atoms with Crippen molar-refractivity contribution in [3.05, 3.63) is 34.9 Å². The van der Waals surface area contributed by atoms with Crippen molar-refractivity contribution in [2.75, 3.05) is 0 Å². The van der Waals surface area contributed by atoms with Gasteiger partial charge in [-0.05, 0) is 39.3 Å². The molecule has 1 atom stereocenters. The van der Waals surface area contributed by atoms with E-state index in [4.69, 9.17) is 0 Å². The lowest BCUT2D eigenvalue weighted by atomic mass is 9.99. The third-order valence-electron chi connectivity index (χ3n) is 2.66. The standard InChI is InChI=1S/C13H16F3NOS/c1-8(2)19(18)17-10(4)11-6-5-7-12(9(11)3)13(14,15)16/h5-8H,1-4H3. The van der Waals surface area contributed by atoms with Crippen molar-refractivity contribution in [2.24, 2.45) is 4.40 Å². The summed E-state index contributed by atoms with van der Waals surface area (Å²) in [6.45, 7) is 6.45. The van der Waals surface area contributed by atoms with Crippen LogP contribution in [0, 0.1) is 6.92 Å². The highest BCUT2D eigenvalue weighted by atomic mass is 32.2. The minimum atomic E-state index is -4.39. The van der Waals surface area contributed by atoms with Gasteiger partial charge in [0.25, 0.3) is 0 Å². The van der Waals surface area contributed by atoms with Crippen molar-refractivity contribution in [2.45, 2.75) is 39.1 Å². The van der Waals surface area contributed by atoms with Crippen molar-refractivity contribution < 1.29 is 17.7 Å². The van der Waals surface area contributed by atoms with E-state index < -0.39 is 23.1 Å². The van der Waals surface area contributed by atoms with Crippen molar-refractivity contribution in [3.8, 4) is 0 Å². The first kappa shape index (κ1) is 16.0. The molecule has 0 bridgehead atoms. The van der Waals surface area contributed by atoms with E-state index in [-0.39, 0.29) is 10.8 Å². The van der Waals surface area contributed by atoms with Crippen LogP contribution in [0.5, 0.6) is 0 Å². The first-order valence-electron chi connectivity index (χ1n) is 5.77. The Kier molecular flexibility index (Phi) is 5.04. The number of nitrogens with zero attached hydrogens (tertiary/aromatic N) is 1. The number of rotatable bonds is 3. The highest BCUT2D eigenvalue weighted by Crippen LogP contribution is 2.33. The van der Waals surface area contributed by atoms with Crippen molar-refractivity contribution >= 4 is 17.1 Å². The smallest absolute Gasteiger partial charge is 0.416 e. The molecule has 1 aromatic rings. The summed E-state index contributed by atoms with van der Waals surface area (Å²) in [5.41, 5.74) is 0.159. The van der Waals surface area contributed by atoms with Gasteiger partial charge in [-0.3, -0.25) is 0 Å². The maximum atomic E-state index is 12.8. The first-order chi connectivity index (χ1) is 8.64. The van der Waals surface area contributed by atoms with Crippen LogP contribution in [-0.2, 0) is 17.5 Å². The molecular formula is C13H16F3NOS. The first-order valence-corrected chi connectivity index (χ1v) is 6.94. The normalized spacial score (nSPS) is 14.9. The van der Waals surface area contributed by atoms with Gasteiger partial charge < -0.3 is 4.55 Å².